The Hall–Kier alpha value is -5.30. The van der Waals surface area contributed by atoms with Gasteiger partial charge in [-0.15, -0.1) is 28.3 Å². The van der Waals surface area contributed by atoms with Crippen molar-refractivity contribution in [2.45, 2.75) is 0 Å². The standard InChI is InChI=1S/C20H15N5.C19H13N5.2Pt/c1-23-9-10-25(13-23)18-8-4-6-15-14-5-3-7-16(19(14)22-20(15)18)17-11-24(2)12-21-17;1-23-10-16(21-12-23)15-6-2-4-13-14-5-3-7-17(19(14)22-18(13)15)24-9-8-20-11-24;;/h3-11H,1-2H3;2-10,12H,1H3;;/q2*-2;;+2. The molecule has 51 heavy (non-hydrogen) atoms. The second-order valence-corrected chi connectivity index (χ2v) is 12.0. The average molecular weight is 1030 g/mol. The van der Waals surface area contributed by atoms with Crippen molar-refractivity contribution in [3.05, 3.63) is 135 Å². The van der Waals surface area contributed by atoms with Gasteiger partial charge in [0.1, 0.15) is 0 Å². The molecule has 0 saturated carbocycles. The summed E-state index contributed by atoms with van der Waals surface area (Å²) in [6.45, 7) is 0. The van der Waals surface area contributed by atoms with E-state index >= 15 is 0 Å². The molecule has 0 unspecified atom stereocenters. The van der Waals surface area contributed by atoms with Crippen LogP contribution >= 0.6 is 0 Å². The van der Waals surface area contributed by atoms with Gasteiger partial charge in [0.25, 0.3) is 0 Å². The molecule has 0 amide bonds. The first-order valence-corrected chi connectivity index (χ1v) is 15.8. The van der Waals surface area contributed by atoms with E-state index in [1.165, 1.54) is 0 Å². The molecular weight excluding hydrogens is 999 g/mol. The van der Waals surface area contributed by atoms with Crippen molar-refractivity contribution in [2.75, 3.05) is 0 Å². The minimum absolute atomic E-state index is 0. The molecule has 10 aromatic rings. The molecule has 0 saturated heterocycles. The third-order valence-electron chi connectivity index (χ3n) is 8.71. The van der Waals surface area contributed by atoms with Crippen molar-refractivity contribution in [3.63, 3.8) is 0 Å². The van der Waals surface area contributed by atoms with Gasteiger partial charge in [-0.05, 0) is 39.8 Å². The van der Waals surface area contributed by atoms with E-state index < -0.39 is 0 Å². The van der Waals surface area contributed by atoms with Crippen LogP contribution < -0.4 is 14.5 Å². The minimum Gasteiger partial charge on any atom is -0.663 e. The van der Waals surface area contributed by atoms with Gasteiger partial charge in [-0.3, -0.25) is 0 Å². The zero-order valence-corrected chi connectivity index (χ0v) is 32.1. The van der Waals surface area contributed by atoms with Crippen molar-refractivity contribution in [1.82, 2.24) is 43.2 Å². The monoisotopic (exact) mass is 1030 g/mol. The number of aromatic nitrogens is 10. The normalized spacial score (nSPS) is 11.1. The fraction of sp³-hybridized carbons (Fsp3) is 0.0769. The number of hydrogen-bond acceptors (Lipinski definition) is 3. The van der Waals surface area contributed by atoms with Crippen LogP contribution in [0, 0.1) is 19.0 Å². The van der Waals surface area contributed by atoms with Gasteiger partial charge in [-0.25, -0.2) is 4.98 Å². The summed E-state index contributed by atoms with van der Waals surface area (Å²) < 4.78 is 9.52. The van der Waals surface area contributed by atoms with E-state index in [0.717, 1.165) is 77.5 Å². The van der Waals surface area contributed by atoms with Gasteiger partial charge in [0.05, 0.1) is 19.1 Å². The molecule has 10 rings (SSSR count). The first-order chi connectivity index (χ1) is 24.0. The minimum atomic E-state index is 0. The van der Waals surface area contributed by atoms with E-state index in [4.69, 9.17) is 9.97 Å². The largest absolute Gasteiger partial charge is 2.00 e. The van der Waals surface area contributed by atoms with Crippen LogP contribution in [0.1, 0.15) is 0 Å². The number of benzene rings is 4. The second-order valence-electron chi connectivity index (χ2n) is 12.0. The zero-order valence-electron chi connectivity index (χ0n) is 27.6. The Morgan fingerprint density at radius 3 is 1.76 bits per heavy atom. The Balaban J connectivity index is 0.000000153. The van der Waals surface area contributed by atoms with E-state index in [1.54, 1.807) is 6.20 Å². The summed E-state index contributed by atoms with van der Waals surface area (Å²) >= 11 is 0. The maximum absolute atomic E-state index is 4.97. The van der Waals surface area contributed by atoms with Gasteiger partial charge in [-0.2, -0.15) is 0 Å². The molecule has 4 aromatic carbocycles. The van der Waals surface area contributed by atoms with Gasteiger partial charge in [-0.1, -0.05) is 96.4 Å². The summed E-state index contributed by atoms with van der Waals surface area (Å²) in [7, 11) is 5.85. The van der Waals surface area contributed by atoms with E-state index in [1.807, 2.05) is 93.4 Å². The summed E-state index contributed by atoms with van der Waals surface area (Å²) in [6.07, 6.45) is 22.5. The number of rotatable bonds is 4. The summed E-state index contributed by atoms with van der Waals surface area (Å²) in [5.74, 6) is 0. The molecule has 6 heterocycles. The SMILES string of the molecule is Cn1[c-]nc(-c2cccc3c2[n-]c2c(-n4[c-][n+](C)cc4)cccc23)c1.Cn1cnc(-c2cccc3c2[n-]c2c(-n4[c-]ncc4)cccc23)c1.[Pt+2].[Pt]. The number of fused-ring (bicyclic) bond motifs is 6. The summed E-state index contributed by atoms with van der Waals surface area (Å²) in [4.78, 5) is 22.8. The van der Waals surface area contributed by atoms with Crippen molar-refractivity contribution < 1.29 is 46.7 Å². The van der Waals surface area contributed by atoms with Gasteiger partial charge in [0.15, 0.2) is 0 Å². The third kappa shape index (κ3) is 5.98. The first kappa shape index (κ1) is 34.2. The number of imidazole rings is 4. The van der Waals surface area contributed by atoms with Crippen LogP contribution in [0.4, 0.5) is 0 Å². The molecule has 12 heteroatoms. The Bertz CT molecular complexity index is 2680. The average Bonchev–Trinajstić information content (AvgIpc) is 3.97. The molecule has 0 bridgehead atoms. The molecule has 10 nitrogen and oxygen atoms in total. The van der Waals surface area contributed by atoms with Crippen LogP contribution in [0.15, 0.2) is 116 Å². The summed E-state index contributed by atoms with van der Waals surface area (Å²) in [5.41, 5.74) is 9.75. The van der Waals surface area contributed by atoms with Crippen molar-refractivity contribution in [3.8, 4) is 33.9 Å². The number of para-hydroxylation sites is 4. The number of nitrogens with zero attached hydrogens (tertiary/aromatic N) is 10. The molecule has 0 N–H and O–H groups in total. The smallest absolute Gasteiger partial charge is 0.663 e. The predicted octanol–water partition coefficient (Wildman–Crippen LogP) is 5.90. The molecule has 0 spiro atoms. The van der Waals surface area contributed by atoms with Gasteiger partial charge >= 0.3 is 21.1 Å². The Morgan fingerprint density at radius 1 is 0.667 bits per heavy atom. The van der Waals surface area contributed by atoms with E-state index in [-0.39, 0.29) is 42.1 Å². The van der Waals surface area contributed by atoms with Crippen molar-refractivity contribution in [2.24, 2.45) is 21.1 Å². The maximum atomic E-state index is 4.97. The number of aryl methyl sites for hydroxylation is 3. The molecule has 0 aliphatic rings. The Labute approximate surface area is 322 Å². The Morgan fingerprint density at radius 2 is 1.25 bits per heavy atom. The second kappa shape index (κ2) is 13.8. The zero-order chi connectivity index (χ0) is 33.1. The number of hydrogen-bond donors (Lipinski definition) is 0. The molecule has 256 valence electrons. The van der Waals surface area contributed by atoms with Gasteiger partial charge in [0.2, 0.25) is 6.33 Å². The summed E-state index contributed by atoms with van der Waals surface area (Å²) in [5, 5.41) is 4.54. The van der Waals surface area contributed by atoms with Crippen molar-refractivity contribution >= 4 is 43.6 Å². The fourth-order valence-corrected chi connectivity index (χ4v) is 6.48. The Kier molecular flexibility index (Phi) is 9.23. The van der Waals surface area contributed by atoms with Crippen LogP contribution in [0.5, 0.6) is 0 Å². The quantitative estimate of drug-likeness (QED) is 0.162. The van der Waals surface area contributed by atoms with Crippen LogP contribution in [-0.2, 0) is 63.3 Å². The summed E-state index contributed by atoms with van der Waals surface area (Å²) in [6, 6.07) is 24.9. The maximum Gasteiger partial charge on any atom is 2.00 e. The van der Waals surface area contributed by atoms with Crippen LogP contribution in [0.25, 0.3) is 77.5 Å². The van der Waals surface area contributed by atoms with Crippen LogP contribution in [0.3, 0.4) is 0 Å². The molecular formula is C39H28N10Pt2-2. The van der Waals surface area contributed by atoms with E-state index in [9.17, 15) is 0 Å². The molecule has 0 aliphatic carbocycles. The van der Waals surface area contributed by atoms with E-state index in [2.05, 4.69) is 94.6 Å². The van der Waals surface area contributed by atoms with Crippen molar-refractivity contribution in [1.29, 1.82) is 0 Å². The molecule has 0 radical (unpaired) electrons. The fourth-order valence-electron chi connectivity index (χ4n) is 6.48. The third-order valence-corrected chi connectivity index (χ3v) is 8.71. The van der Waals surface area contributed by atoms with E-state index in [0.29, 0.717) is 0 Å². The molecule has 0 atom stereocenters. The molecule has 6 aromatic heterocycles. The topological polar surface area (TPSA) is 90.5 Å². The van der Waals surface area contributed by atoms with Gasteiger partial charge < -0.3 is 42.8 Å². The molecule has 0 aliphatic heterocycles. The van der Waals surface area contributed by atoms with Crippen LogP contribution in [-0.4, -0.2) is 33.2 Å². The molecule has 0 fully saturated rings. The van der Waals surface area contributed by atoms with Crippen LogP contribution in [0.2, 0.25) is 0 Å². The predicted molar refractivity (Wildman–Crippen MR) is 188 cm³/mol. The van der Waals surface area contributed by atoms with Gasteiger partial charge in [0, 0.05) is 65.0 Å². The first-order valence-electron chi connectivity index (χ1n) is 15.8.